The fourth-order valence-electron chi connectivity index (χ4n) is 4.67. The van der Waals surface area contributed by atoms with Gasteiger partial charge in [-0.2, -0.15) is 0 Å². The van der Waals surface area contributed by atoms with Crippen LogP contribution in [0.4, 0.5) is 5.69 Å². The van der Waals surface area contributed by atoms with Gasteiger partial charge in [0.2, 0.25) is 5.91 Å². The smallest absolute Gasteiger partial charge is 0.338 e. The molecular weight excluding hydrogens is 450 g/mol. The third-order valence-electron chi connectivity index (χ3n) is 6.52. The molecule has 1 amide bonds. The van der Waals surface area contributed by atoms with Crippen molar-refractivity contribution in [3.8, 4) is 0 Å². The van der Waals surface area contributed by atoms with Crippen molar-refractivity contribution in [3.63, 3.8) is 0 Å². The maximum absolute atomic E-state index is 13.4. The van der Waals surface area contributed by atoms with Crippen LogP contribution in [0.15, 0.2) is 78.9 Å². The van der Waals surface area contributed by atoms with Crippen LogP contribution < -0.4 is 16.2 Å². The molecule has 1 fully saturated rings. The average Bonchev–Trinajstić information content (AvgIpc) is 3.18. The van der Waals surface area contributed by atoms with Crippen molar-refractivity contribution in [1.29, 1.82) is 0 Å². The minimum atomic E-state index is -0.748. The van der Waals surface area contributed by atoms with Gasteiger partial charge in [-0.15, -0.1) is 0 Å². The van der Waals surface area contributed by atoms with Crippen LogP contribution in [0.3, 0.4) is 0 Å². The van der Waals surface area contributed by atoms with Crippen LogP contribution in [-0.2, 0) is 20.5 Å². The van der Waals surface area contributed by atoms with Crippen molar-refractivity contribution in [3.05, 3.63) is 101 Å². The van der Waals surface area contributed by atoms with Crippen LogP contribution in [0.5, 0.6) is 0 Å². The number of amides is 1. The van der Waals surface area contributed by atoms with E-state index in [-0.39, 0.29) is 18.9 Å². The molecule has 1 heterocycles. The SMILES string of the molecule is CCOC(=O)c1cccc(NC(=O)CC2(c3ccc(Cl)cc3)NNCC2(C)c2ccccc2)c1. The number of esters is 1. The van der Waals surface area contributed by atoms with E-state index in [0.717, 1.165) is 11.1 Å². The van der Waals surface area contributed by atoms with Gasteiger partial charge in [0.15, 0.2) is 0 Å². The summed E-state index contributed by atoms with van der Waals surface area (Å²) in [5, 5.41) is 3.59. The van der Waals surface area contributed by atoms with Crippen LogP contribution >= 0.6 is 11.6 Å². The molecule has 7 heteroatoms. The fourth-order valence-corrected chi connectivity index (χ4v) is 4.79. The molecule has 2 unspecified atom stereocenters. The van der Waals surface area contributed by atoms with Gasteiger partial charge in [0, 0.05) is 22.7 Å². The lowest BCUT2D eigenvalue weighted by molar-refractivity contribution is -0.118. The molecule has 1 saturated heterocycles. The molecule has 34 heavy (non-hydrogen) atoms. The Morgan fingerprint density at radius 2 is 1.74 bits per heavy atom. The fraction of sp³-hybridized carbons (Fsp3) is 0.259. The molecule has 1 aliphatic heterocycles. The summed E-state index contributed by atoms with van der Waals surface area (Å²) in [5.41, 5.74) is 8.53. The highest BCUT2D eigenvalue weighted by atomic mass is 35.5. The number of rotatable bonds is 7. The van der Waals surface area contributed by atoms with E-state index in [0.29, 0.717) is 22.8 Å². The number of benzene rings is 3. The molecule has 2 atom stereocenters. The third kappa shape index (κ3) is 4.57. The lowest BCUT2D eigenvalue weighted by Gasteiger charge is -2.43. The van der Waals surface area contributed by atoms with Gasteiger partial charge in [0.05, 0.1) is 24.1 Å². The monoisotopic (exact) mass is 477 g/mol. The van der Waals surface area contributed by atoms with Crippen molar-refractivity contribution in [2.75, 3.05) is 18.5 Å². The zero-order valence-corrected chi connectivity index (χ0v) is 20.0. The van der Waals surface area contributed by atoms with E-state index in [1.165, 1.54) is 0 Å². The number of anilines is 1. The molecule has 0 aromatic heterocycles. The second-order valence-corrected chi connectivity index (χ2v) is 9.05. The van der Waals surface area contributed by atoms with E-state index in [1.807, 2.05) is 42.5 Å². The minimum Gasteiger partial charge on any atom is -0.462 e. The van der Waals surface area contributed by atoms with Gasteiger partial charge in [-0.05, 0) is 48.4 Å². The van der Waals surface area contributed by atoms with Gasteiger partial charge in [0.25, 0.3) is 0 Å². The number of carbonyl (C=O) groups excluding carboxylic acids is 2. The Bertz CT molecular complexity index is 1170. The number of hydrogen-bond donors (Lipinski definition) is 3. The van der Waals surface area contributed by atoms with Gasteiger partial charge in [-0.3, -0.25) is 10.2 Å². The Morgan fingerprint density at radius 1 is 1.00 bits per heavy atom. The van der Waals surface area contributed by atoms with Crippen molar-refractivity contribution < 1.29 is 14.3 Å². The summed E-state index contributed by atoms with van der Waals surface area (Å²) in [7, 11) is 0. The van der Waals surface area contributed by atoms with Gasteiger partial charge in [-0.1, -0.05) is 67.1 Å². The van der Waals surface area contributed by atoms with E-state index >= 15 is 0 Å². The molecule has 0 saturated carbocycles. The Kier molecular flexibility index (Phi) is 7.03. The van der Waals surface area contributed by atoms with Crippen LogP contribution in [-0.4, -0.2) is 25.0 Å². The summed E-state index contributed by atoms with van der Waals surface area (Å²) in [6, 6.07) is 24.5. The van der Waals surface area contributed by atoms with E-state index in [9.17, 15) is 9.59 Å². The van der Waals surface area contributed by atoms with Crippen LogP contribution in [0.25, 0.3) is 0 Å². The van der Waals surface area contributed by atoms with Crippen LogP contribution in [0.2, 0.25) is 5.02 Å². The lowest BCUT2D eigenvalue weighted by atomic mass is 9.63. The summed E-state index contributed by atoms with van der Waals surface area (Å²) >= 11 is 6.17. The number of hydrazine groups is 1. The van der Waals surface area contributed by atoms with E-state index in [2.05, 4.69) is 35.2 Å². The van der Waals surface area contributed by atoms with Crippen molar-refractivity contribution in [2.24, 2.45) is 0 Å². The highest BCUT2D eigenvalue weighted by Crippen LogP contribution is 2.47. The Morgan fingerprint density at radius 3 is 2.44 bits per heavy atom. The average molecular weight is 478 g/mol. The number of ether oxygens (including phenoxy) is 1. The topological polar surface area (TPSA) is 79.5 Å². The quantitative estimate of drug-likeness (QED) is 0.426. The molecule has 0 radical (unpaired) electrons. The molecule has 3 N–H and O–H groups in total. The summed E-state index contributed by atoms with van der Waals surface area (Å²) in [6.07, 6.45) is 0.149. The maximum Gasteiger partial charge on any atom is 0.338 e. The minimum absolute atomic E-state index is 0.149. The van der Waals surface area contributed by atoms with Crippen LogP contribution in [0, 0.1) is 0 Å². The molecule has 0 spiro atoms. The molecule has 0 bridgehead atoms. The zero-order chi connectivity index (χ0) is 24.2. The first-order valence-electron chi connectivity index (χ1n) is 11.3. The second-order valence-electron chi connectivity index (χ2n) is 8.62. The molecule has 176 valence electrons. The van der Waals surface area contributed by atoms with E-state index < -0.39 is 16.9 Å². The van der Waals surface area contributed by atoms with Crippen molar-refractivity contribution in [1.82, 2.24) is 10.9 Å². The predicted octanol–water partition coefficient (Wildman–Crippen LogP) is 4.81. The highest BCUT2D eigenvalue weighted by molar-refractivity contribution is 6.30. The first-order chi connectivity index (χ1) is 16.4. The molecule has 0 aliphatic carbocycles. The molecule has 4 rings (SSSR count). The van der Waals surface area contributed by atoms with Crippen LogP contribution in [0.1, 0.15) is 41.8 Å². The summed E-state index contributed by atoms with van der Waals surface area (Å²) in [4.78, 5) is 25.5. The number of nitrogens with one attached hydrogen (secondary N) is 3. The number of halogens is 1. The number of carbonyl (C=O) groups is 2. The first-order valence-corrected chi connectivity index (χ1v) is 11.6. The zero-order valence-electron chi connectivity index (χ0n) is 19.2. The van der Waals surface area contributed by atoms with Gasteiger partial charge >= 0.3 is 5.97 Å². The first kappa shape index (κ1) is 24.0. The third-order valence-corrected chi connectivity index (χ3v) is 6.77. The van der Waals surface area contributed by atoms with E-state index in [1.54, 1.807) is 31.2 Å². The van der Waals surface area contributed by atoms with Crippen molar-refractivity contribution in [2.45, 2.75) is 31.2 Å². The Labute approximate surface area is 204 Å². The summed E-state index contributed by atoms with van der Waals surface area (Å²) in [6.45, 7) is 4.83. The molecule has 3 aromatic carbocycles. The molecule has 6 nitrogen and oxygen atoms in total. The normalized spacial score (nSPS) is 21.7. The predicted molar refractivity (Wildman–Crippen MR) is 134 cm³/mol. The highest BCUT2D eigenvalue weighted by Gasteiger charge is 2.55. The Hall–Kier alpha value is -3.19. The van der Waals surface area contributed by atoms with Crippen molar-refractivity contribution >= 4 is 29.2 Å². The lowest BCUT2D eigenvalue weighted by Crippen LogP contribution is -2.53. The maximum atomic E-state index is 13.4. The second kappa shape index (κ2) is 9.97. The van der Waals surface area contributed by atoms with Gasteiger partial charge in [0.1, 0.15) is 0 Å². The molecule has 3 aromatic rings. The van der Waals surface area contributed by atoms with Gasteiger partial charge < -0.3 is 10.1 Å². The molecular formula is C27H28ClN3O3. The Balaban J connectivity index is 1.68. The number of hydrogen-bond acceptors (Lipinski definition) is 5. The standard InChI is InChI=1S/C27H28ClN3O3/c1-3-34-25(33)19-8-7-11-23(16-19)30-24(32)17-27(21-12-14-22(28)15-13-21)26(2,18-29-31-27)20-9-5-4-6-10-20/h4-16,29,31H,3,17-18H2,1-2H3,(H,30,32). The molecule has 1 aliphatic rings. The van der Waals surface area contributed by atoms with E-state index in [4.69, 9.17) is 16.3 Å². The summed E-state index contributed by atoms with van der Waals surface area (Å²) in [5.74, 6) is -0.608. The summed E-state index contributed by atoms with van der Waals surface area (Å²) < 4.78 is 5.07. The largest absolute Gasteiger partial charge is 0.462 e. The van der Waals surface area contributed by atoms with Gasteiger partial charge in [-0.25, -0.2) is 10.2 Å².